The van der Waals surface area contributed by atoms with E-state index in [9.17, 15) is 15.0 Å². The fourth-order valence-corrected chi connectivity index (χ4v) is 5.94. The Morgan fingerprint density at radius 1 is 1.32 bits per heavy atom. The van der Waals surface area contributed by atoms with E-state index >= 15 is 4.39 Å². The molecule has 1 heterocycles. The summed E-state index contributed by atoms with van der Waals surface area (Å²) < 4.78 is 26.2. The fourth-order valence-electron chi connectivity index (χ4n) is 5.77. The van der Waals surface area contributed by atoms with Crippen LogP contribution in [0.5, 0.6) is 0 Å². The molecule has 1 unspecified atom stereocenters. The van der Waals surface area contributed by atoms with Crippen molar-refractivity contribution in [2.24, 2.45) is 5.92 Å². The number of ether oxygens (including phenoxy) is 2. The molecule has 3 rings (SSSR count). The Labute approximate surface area is 231 Å². The largest absolute Gasteiger partial charge is 0.390 e. The van der Waals surface area contributed by atoms with Gasteiger partial charge in [0.15, 0.2) is 0 Å². The van der Waals surface area contributed by atoms with E-state index < -0.39 is 29.7 Å². The number of halogens is 2. The van der Waals surface area contributed by atoms with Crippen LogP contribution in [0.25, 0.3) is 0 Å². The molecular weight excluding hydrogens is 513 g/mol. The third-order valence-corrected chi connectivity index (χ3v) is 8.25. The summed E-state index contributed by atoms with van der Waals surface area (Å²) in [5, 5.41) is 28.7. The van der Waals surface area contributed by atoms with Crippen LogP contribution in [0.3, 0.4) is 0 Å². The summed E-state index contributed by atoms with van der Waals surface area (Å²) in [6.45, 7) is 1.51. The Kier molecular flexibility index (Phi) is 12.5. The predicted octanol–water partition coefficient (Wildman–Crippen LogP) is 3.81. The van der Waals surface area contributed by atoms with Crippen LogP contribution >= 0.6 is 11.6 Å². The first-order valence-electron chi connectivity index (χ1n) is 14.0. The average molecular weight is 558 g/mol. The SMILES string of the molecule is CNC[C@@H](O)[C@H](CC1CCCCC1)NC(=O)N1CCOC([C@@](O)(CCCCOC)c2cccc(Cl)c2F)C1. The maximum absolute atomic E-state index is 15.1. The highest BCUT2D eigenvalue weighted by atomic mass is 35.5. The summed E-state index contributed by atoms with van der Waals surface area (Å²) in [7, 11) is 3.39. The number of urea groups is 1. The van der Waals surface area contributed by atoms with E-state index in [0.717, 1.165) is 19.3 Å². The molecule has 2 fully saturated rings. The number of carbonyl (C=O) groups excluding carboxylic acids is 1. The number of amides is 2. The van der Waals surface area contributed by atoms with Crippen molar-refractivity contribution in [1.29, 1.82) is 0 Å². The van der Waals surface area contributed by atoms with E-state index in [2.05, 4.69) is 10.6 Å². The number of likely N-dealkylation sites (N-methyl/N-ethyl adjacent to an activating group) is 1. The molecule has 1 aromatic carbocycles. The van der Waals surface area contributed by atoms with Crippen molar-refractivity contribution in [3.8, 4) is 0 Å². The Hall–Kier alpha value is -1.49. The third-order valence-electron chi connectivity index (χ3n) is 7.96. The van der Waals surface area contributed by atoms with Gasteiger partial charge in [-0.3, -0.25) is 0 Å². The number of methoxy groups -OCH3 is 1. The van der Waals surface area contributed by atoms with Crippen molar-refractivity contribution in [1.82, 2.24) is 15.5 Å². The minimum absolute atomic E-state index is 0.0642. The lowest BCUT2D eigenvalue weighted by molar-refractivity contribution is -0.147. The monoisotopic (exact) mass is 557 g/mol. The van der Waals surface area contributed by atoms with Crippen molar-refractivity contribution in [2.45, 2.75) is 81.6 Å². The summed E-state index contributed by atoms with van der Waals surface area (Å²) in [4.78, 5) is 15.0. The first kappa shape index (κ1) is 31.0. The minimum Gasteiger partial charge on any atom is -0.390 e. The van der Waals surface area contributed by atoms with E-state index in [-0.39, 0.29) is 36.2 Å². The maximum atomic E-state index is 15.1. The zero-order valence-electron chi connectivity index (χ0n) is 22.8. The number of aliphatic hydroxyl groups is 2. The molecule has 10 heteroatoms. The second kappa shape index (κ2) is 15.3. The van der Waals surface area contributed by atoms with Gasteiger partial charge in [0.1, 0.15) is 17.5 Å². The van der Waals surface area contributed by atoms with E-state index in [1.807, 2.05) is 0 Å². The van der Waals surface area contributed by atoms with Gasteiger partial charge < -0.3 is 35.2 Å². The van der Waals surface area contributed by atoms with E-state index in [1.165, 1.54) is 31.4 Å². The highest BCUT2D eigenvalue weighted by molar-refractivity contribution is 6.30. The van der Waals surface area contributed by atoms with Gasteiger partial charge in [-0.15, -0.1) is 0 Å². The molecule has 0 aromatic heterocycles. The molecule has 216 valence electrons. The van der Waals surface area contributed by atoms with Gasteiger partial charge in [0.05, 0.1) is 30.3 Å². The van der Waals surface area contributed by atoms with E-state index in [4.69, 9.17) is 21.1 Å². The second-order valence-electron chi connectivity index (χ2n) is 10.7. The van der Waals surface area contributed by atoms with Crippen molar-refractivity contribution in [3.05, 3.63) is 34.6 Å². The van der Waals surface area contributed by atoms with Gasteiger partial charge >= 0.3 is 6.03 Å². The van der Waals surface area contributed by atoms with E-state index in [1.54, 1.807) is 25.1 Å². The Morgan fingerprint density at radius 2 is 2.08 bits per heavy atom. The number of carbonyl (C=O) groups is 1. The molecule has 1 saturated heterocycles. The van der Waals surface area contributed by atoms with Crippen molar-refractivity contribution in [2.75, 3.05) is 47.0 Å². The van der Waals surface area contributed by atoms with Gasteiger partial charge in [-0.05, 0) is 44.7 Å². The molecule has 38 heavy (non-hydrogen) atoms. The number of unbranched alkanes of at least 4 members (excludes halogenated alkanes) is 1. The van der Waals surface area contributed by atoms with Crippen LogP contribution in [0.4, 0.5) is 9.18 Å². The summed E-state index contributed by atoms with van der Waals surface area (Å²) in [5.74, 6) is -0.211. The summed E-state index contributed by atoms with van der Waals surface area (Å²) in [6.07, 6.45) is 6.45. The topological polar surface area (TPSA) is 103 Å². The van der Waals surface area contributed by atoms with Gasteiger partial charge in [-0.1, -0.05) is 55.8 Å². The minimum atomic E-state index is -1.69. The van der Waals surface area contributed by atoms with Crippen LogP contribution in [0.1, 0.15) is 63.4 Å². The number of hydrogen-bond acceptors (Lipinski definition) is 6. The molecule has 4 N–H and O–H groups in total. The lowest BCUT2D eigenvalue weighted by Gasteiger charge is -2.43. The van der Waals surface area contributed by atoms with Crippen molar-refractivity contribution in [3.63, 3.8) is 0 Å². The van der Waals surface area contributed by atoms with Crippen LogP contribution in [0.2, 0.25) is 5.02 Å². The van der Waals surface area contributed by atoms with Crippen LogP contribution in [0.15, 0.2) is 18.2 Å². The molecule has 0 radical (unpaired) electrons. The molecule has 0 bridgehead atoms. The van der Waals surface area contributed by atoms with Crippen molar-refractivity contribution < 1.29 is 28.9 Å². The number of nitrogens with one attached hydrogen (secondary N) is 2. The van der Waals surface area contributed by atoms with Gasteiger partial charge in [-0.25, -0.2) is 9.18 Å². The summed E-state index contributed by atoms with van der Waals surface area (Å²) in [5.41, 5.74) is -1.62. The maximum Gasteiger partial charge on any atom is 0.317 e. The summed E-state index contributed by atoms with van der Waals surface area (Å²) in [6, 6.07) is 3.86. The number of nitrogens with zero attached hydrogens (tertiary/aromatic N) is 1. The van der Waals surface area contributed by atoms with Gasteiger partial charge in [-0.2, -0.15) is 0 Å². The lowest BCUT2D eigenvalue weighted by atomic mass is 9.82. The molecule has 8 nitrogen and oxygen atoms in total. The third kappa shape index (κ3) is 8.26. The standard InChI is InChI=1S/C28H45ClFN3O5/c1-31-18-24(34)23(17-20-9-4-3-5-10-20)32-27(35)33-14-16-38-25(19-33)28(36,13-6-7-15-37-2)21-11-8-12-22(29)26(21)30/h8,11-12,20,23-25,31,34,36H,3-7,9-10,13-19H2,1-2H3,(H,32,35)/t23-,24+,25?,28+/m0/s1. The molecule has 0 spiro atoms. The number of hydrogen-bond donors (Lipinski definition) is 4. The highest BCUT2D eigenvalue weighted by Gasteiger charge is 2.44. The smallest absolute Gasteiger partial charge is 0.317 e. The van der Waals surface area contributed by atoms with Gasteiger partial charge in [0, 0.05) is 32.4 Å². The number of rotatable bonds is 13. The highest BCUT2D eigenvalue weighted by Crippen LogP contribution is 2.38. The molecule has 4 atom stereocenters. The van der Waals surface area contributed by atoms with E-state index in [0.29, 0.717) is 38.5 Å². The summed E-state index contributed by atoms with van der Waals surface area (Å²) >= 11 is 6.06. The van der Waals surface area contributed by atoms with Gasteiger partial charge in [0.2, 0.25) is 0 Å². The Bertz CT molecular complexity index is 875. The Morgan fingerprint density at radius 3 is 2.79 bits per heavy atom. The molecule has 1 aliphatic carbocycles. The molecule has 2 aliphatic rings. The molecule has 1 aliphatic heterocycles. The fraction of sp³-hybridized carbons (Fsp3) is 0.750. The lowest BCUT2D eigenvalue weighted by Crippen LogP contribution is -2.59. The zero-order valence-corrected chi connectivity index (χ0v) is 23.5. The first-order valence-corrected chi connectivity index (χ1v) is 14.3. The molecular formula is C28H45ClFN3O5. The molecule has 2 amide bonds. The average Bonchev–Trinajstić information content (AvgIpc) is 2.93. The normalized spacial score (nSPS) is 22.1. The first-order chi connectivity index (χ1) is 18.3. The molecule has 1 saturated carbocycles. The van der Waals surface area contributed by atoms with Crippen LogP contribution in [0, 0.1) is 11.7 Å². The number of benzene rings is 1. The zero-order chi connectivity index (χ0) is 27.5. The quantitative estimate of drug-likeness (QED) is 0.275. The second-order valence-corrected chi connectivity index (χ2v) is 11.1. The molecule has 1 aromatic rings. The van der Waals surface area contributed by atoms with Crippen LogP contribution in [-0.2, 0) is 15.1 Å². The van der Waals surface area contributed by atoms with Crippen LogP contribution < -0.4 is 10.6 Å². The number of aliphatic hydroxyl groups excluding tert-OH is 1. The van der Waals surface area contributed by atoms with Crippen LogP contribution in [-0.4, -0.2) is 86.4 Å². The predicted molar refractivity (Wildman–Crippen MR) is 146 cm³/mol. The Balaban J connectivity index is 1.75. The van der Waals surface area contributed by atoms with Gasteiger partial charge in [0.25, 0.3) is 0 Å². The van der Waals surface area contributed by atoms with Crippen molar-refractivity contribution >= 4 is 17.6 Å². The number of morpholine rings is 1.